The molecule has 1 N–H and O–H groups in total. The van der Waals surface area contributed by atoms with Crippen molar-refractivity contribution in [3.63, 3.8) is 0 Å². The molecule has 17 heavy (non-hydrogen) atoms. The predicted octanol–water partition coefficient (Wildman–Crippen LogP) is 2.64. The Hall–Kier alpha value is -1.75. The molecule has 1 aromatic rings. The van der Waals surface area contributed by atoms with Crippen molar-refractivity contribution >= 4 is 29.4 Å². The van der Waals surface area contributed by atoms with Crippen molar-refractivity contribution in [2.45, 2.75) is 6.92 Å². The van der Waals surface area contributed by atoms with Gasteiger partial charge in [-0.2, -0.15) is 4.90 Å². The molecule has 0 aliphatic heterocycles. The second-order valence-corrected chi connectivity index (χ2v) is 3.56. The van der Waals surface area contributed by atoms with Gasteiger partial charge in [0.1, 0.15) is 0 Å². The van der Waals surface area contributed by atoms with Gasteiger partial charge in [-0.05, 0) is 25.1 Å². The van der Waals surface area contributed by atoms with E-state index in [-0.39, 0.29) is 0 Å². The molecule has 0 fully saturated rings. The molecule has 0 aliphatic carbocycles. The van der Waals surface area contributed by atoms with Gasteiger partial charge in [-0.3, -0.25) is 0 Å². The lowest BCUT2D eigenvalue weighted by Gasteiger charge is -2.19. The lowest BCUT2D eigenvalue weighted by atomic mass is 10.3. The molecule has 0 aromatic heterocycles. The first-order valence-corrected chi connectivity index (χ1v) is 5.39. The fourth-order valence-electron chi connectivity index (χ4n) is 1.24. The standard InChI is InChI=1S/C11H13ClN2O3/c1-3-13-10(15)14(11(16)17-2)9-6-4-5-8(12)7-9/h4-7H,3H2,1-2H3,(H,13,15). The average molecular weight is 257 g/mol. The summed E-state index contributed by atoms with van der Waals surface area (Å²) in [5.41, 5.74) is 0.357. The van der Waals surface area contributed by atoms with Crippen LogP contribution in [0.15, 0.2) is 24.3 Å². The van der Waals surface area contributed by atoms with E-state index < -0.39 is 12.1 Å². The van der Waals surface area contributed by atoms with Crippen LogP contribution in [0, 0.1) is 0 Å². The van der Waals surface area contributed by atoms with Crippen molar-refractivity contribution in [3.8, 4) is 0 Å². The molecule has 0 spiro atoms. The molecule has 0 heterocycles. The largest absolute Gasteiger partial charge is 0.452 e. The van der Waals surface area contributed by atoms with E-state index in [0.717, 1.165) is 4.90 Å². The van der Waals surface area contributed by atoms with Gasteiger partial charge in [0.15, 0.2) is 0 Å². The van der Waals surface area contributed by atoms with Crippen LogP contribution >= 0.6 is 11.6 Å². The van der Waals surface area contributed by atoms with Gasteiger partial charge in [0.2, 0.25) is 0 Å². The Morgan fingerprint density at radius 3 is 2.71 bits per heavy atom. The molecule has 6 heteroatoms. The van der Waals surface area contributed by atoms with E-state index in [1.807, 2.05) is 0 Å². The number of methoxy groups -OCH3 is 1. The number of imide groups is 1. The van der Waals surface area contributed by atoms with E-state index in [1.54, 1.807) is 25.1 Å². The van der Waals surface area contributed by atoms with Gasteiger partial charge in [-0.1, -0.05) is 17.7 Å². The van der Waals surface area contributed by atoms with Crippen LogP contribution in [0.25, 0.3) is 0 Å². The molecule has 0 aliphatic rings. The Labute approximate surface area is 104 Å². The number of hydrogen-bond donors (Lipinski definition) is 1. The molecule has 0 unspecified atom stereocenters. The molecule has 0 saturated carbocycles. The number of anilines is 1. The Kier molecular flexibility index (Phi) is 4.78. The number of rotatable bonds is 2. The number of hydrogen-bond acceptors (Lipinski definition) is 3. The SMILES string of the molecule is CCNC(=O)N(C(=O)OC)c1cccc(Cl)c1. The number of urea groups is 1. The molecule has 1 aromatic carbocycles. The fraction of sp³-hybridized carbons (Fsp3) is 0.273. The Morgan fingerprint density at radius 1 is 1.47 bits per heavy atom. The maximum Gasteiger partial charge on any atom is 0.422 e. The lowest BCUT2D eigenvalue weighted by molar-refractivity contribution is 0.178. The molecular weight excluding hydrogens is 244 g/mol. The normalized spacial score (nSPS) is 9.59. The summed E-state index contributed by atoms with van der Waals surface area (Å²) in [7, 11) is 1.21. The maximum absolute atomic E-state index is 11.7. The van der Waals surface area contributed by atoms with E-state index in [4.69, 9.17) is 11.6 Å². The summed E-state index contributed by atoms with van der Waals surface area (Å²) in [6.07, 6.45) is -0.766. The highest BCUT2D eigenvalue weighted by molar-refractivity contribution is 6.31. The zero-order valence-electron chi connectivity index (χ0n) is 9.57. The van der Waals surface area contributed by atoms with Gasteiger partial charge in [-0.25, -0.2) is 9.59 Å². The van der Waals surface area contributed by atoms with Crippen LogP contribution < -0.4 is 10.2 Å². The summed E-state index contributed by atoms with van der Waals surface area (Å²) in [5, 5.41) is 2.95. The van der Waals surface area contributed by atoms with Gasteiger partial charge in [0, 0.05) is 11.6 Å². The van der Waals surface area contributed by atoms with Gasteiger partial charge in [0.05, 0.1) is 12.8 Å². The Morgan fingerprint density at radius 2 is 2.18 bits per heavy atom. The van der Waals surface area contributed by atoms with Gasteiger partial charge >= 0.3 is 12.1 Å². The number of ether oxygens (including phenoxy) is 1. The molecule has 1 rings (SSSR count). The van der Waals surface area contributed by atoms with Crippen LogP contribution in [-0.2, 0) is 4.74 Å². The fourth-order valence-corrected chi connectivity index (χ4v) is 1.43. The number of carbonyl (C=O) groups is 2. The van der Waals surface area contributed by atoms with Crippen molar-refractivity contribution in [3.05, 3.63) is 29.3 Å². The third kappa shape index (κ3) is 3.35. The molecule has 92 valence electrons. The van der Waals surface area contributed by atoms with Gasteiger partial charge < -0.3 is 10.1 Å². The number of nitrogens with zero attached hydrogens (tertiary/aromatic N) is 1. The average Bonchev–Trinajstić information content (AvgIpc) is 2.29. The smallest absolute Gasteiger partial charge is 0.422 e. The number of amides is 3. The van der Waals surface area contributed by atoms with E-state index in [2.05, 4.69) is 10.1 Å². The second-order valence-electron chi connectivity index (χ2n) is 3.12. The lowest BCUT2D eigenvalue weighted by Crippen LogP contribution is -2.44. The quantitative estimate of drug-likeness (QED) is 0.885. The zero-order chi connectivity index (χ0) is 12.8. The highest BCUT2D eigenvalue weighted by atomic mass is 35.5. The molecule has 5 nitrogen and oxygen atoms in total. The van der Waals surface area contributed by atoms with Crippen molar-refractivity contribution in [2.24, 2.45) is 0 Å². The monoisotopic (exact) mass is 256 g/mol. The van der Waals surface area contributed by atoms with Crippen molar-refractivity contribution < 1.29 is 14.3 Å². The minimum Gasteiger partial charge on any atom is -0.452 e. The van der Waals surface area contributed by atoms with Crippen LogP contribution in [0.1, 0.15) is 6.92 Å². The zero-order valence-corrected chi connectivity index (χ0v) is 10.3. The van der Waals surface area contributed by atoms with Crippen LogP contribution in [0.5, 0.6) is 0 Å². The number of benzene rings is 1. The summed E-state index contributed by atoms with van der Waals surface area (Å²) >= 11 is 5.81. The summed E-state index contributed by atoms with van der Waals surface area (Å²) in [5.74, 6) is 0. The molecular formula is C11H13ClN2O3. The summed E-state index contributed by atoms with van der Waals surface area (Å²) in [6, 6.07) is 5.85. The molecule has 0 atom stereocenters. The van der Waals surface area contributed by atoms with E-state index in [0.29, 0.717) is 17.3 Å². The third-order valence-corrected chi connectivity index (χ3v) is 2.19. The van der Waals surface area contributed by atoms with Crippen molar-refractivity contribution in [1.29, 1.82) is 0 Å². The van der Waals surface area contributed by atoms with E-state index in [1.165, 1.54) is 13.2 Å². The second kappa shape index (κ2) is 6.10. The van der Waals surface area contributed by atoms with Crippen LogP contribution in [0.3, 0.4) is 0 Å². The molecule has 0 bridgehead atoms. The first-order valence-electron chi connectivity index (χ1n) is 5.01. The molecule has 0 saturated heterocycles. The topological polar surface area (TPSA) is 58.6 Å². The molecule has 3 amide bonds. The number of carbonyl (C=O) groups excluding carboxylic acids is 2. The highest BCUT2D eigenvalue weighted by Crippen LogP contribution is 2.20. The summed E-state index contributed by atoms with van der Waals surface area (Å²) < 4.78 is 4.56. The summed E-state index contributed by atoms with van der Waals surface area (Å²) in [4.78, 5) is 24.2. The third-order valence-electron chi connectivity index (χ3n) is 1.95. The minimum atomic E-state index is -0.766. The number of halogens is 1. The predicted molar refractivity (Wildman–Crippen MR) is 65.4 cm³/mol. The van der Waals surface area contributed by atoms with E-state index in [9.17, 15) is 9.59 Å². The van der Waals surface area contributed by atoms with Crippen LogP contribution in [0.2, 0.25) is 5.02 Å². The maximum atomic E-state index is 11.7. The van der Waals surface area contributed by atoms with Crippen LogP contribution in [-0.4, -0.2) is 25.8 Å². The van der Waals surface area contributed by atoms with Crippen molar-refractivity contribution in [2.75, 3.05) is 18.6 Å². The number of nitrogens with one attached hydrogen (secondary N) is 1. The molecule has 0 radical (unpaired) electrons. The van der Waals surface area contributed by atoms with Gasteiger partial charge in [0.25, 0.3) is 0 Å². The Bertz CT molecular complexity index is 423. The summed E-state index contributed by atoms with van der Waals surface area (Å²) in [6.45, 7) is 2.16. The first-order chi connectivity index (χ1) is 8.10. The highest BCUT2D eigenvalue weighted by Gasteiger charge is 2.23. The van der Waals surface area contributed by atoms with Crippen molar-refractivity contribution in [1.82, 2.24) is 5.32 Å². The minimum absolute atomic E-state index is 0.357. The van der Waals surface area contributed by atoms with Gasteiger partial charge in [-0.15, -0.1) is 0 Å². The van der Waals surface area contributed by atoms with E-state index >= 15 is 0 Å². The van der Waals surface area contributed by atoms with Crippen LogP contribution in [0.4, 0.5) is 15.3 Å². The first kappa shape index (κ1) is 13.3. The Balaban J connectivity index is 3.06.